The topological polar surface area (TPSA) is 0 Å². The molecule has 0 spiro atoms. The highest BCUT2D eigenvalue weighted by Crippen LogP contribution is 2.38. The van der Waals surface area contributed by atoms with Crippen molar-refractivity contribution in [3.8, 4) is 11.1 Å². The molecule has 0 aromatic heterocycles. The average molecular weight is 224 g/mol. The first-order valence-electron chi connectivity index (χ1n) is 6.18. The third-order valence-electron chi connectivity index (χ3n) is 3.54. The van der Waals surface area contributed by atoms with E-state index in [0.29, 0.717) is 0 Å². The van der Waals surface area contributed by atoms with Gasteiger partial charge in [0.05, 0.1) is 0 Å². The quantitative estimate of drug-likeness (QED) is 0.629. The van der Waals surface area contributed by atoms with Crippen LogP contribution >= 0.6 is 0 Å². The Morgan fingerprint density at radius 3 is 2.35 bits per heavy atom. The Balaban J connectivity index is 2.84. The van der Waals surface area contributed by atoms with Gasteiger partial charge >= 0.3 is 0 Å². The maximum absolute atomic E-state index is 2.31. The molecule has 0 fully saturated rings. The highest BCUT2D eigenvalue weighted by atomic mass is 14.2. The Bertz CT molecular complexity index is 559. The van der Waals surface area contributed by atoms with Crippen LogP contribution < -0.4 is 0 Å². The van der Waals surface area contributed by atoms with Crippen molar-refractivity contribution in [1.82, 2.24) is 0 Å². The molecule has 0 nitrogen and oxygen atoms in total. The molecule has 0 radical (unpaired) electrons. The monoisotopic (exact) mass is 224 g/mol. The number of rotatable bonds is 1. The summed E-state index contributed by atoms with van der Waals surface area (Å²) in [5.41, 5.74) is 9.59. The van der Waals surface area contributed by atoms with Gasteiger partial charge in [-0.3, -0.25) is 0 Å². The fourth-order valence-corrected chi connectivity index (χ4v) is 2.40. The van der Waals surface area contributed by atoms with Crippen LogP contribution in [0, 0.1) is 20.8 Å². The second kappa shape index (κ2) is 4.37. The van der Waals surface area contributed by atoms with Gasteiger partial charge in [0.2, 0.25) is 0 Å². The first kappa shape index (κ1) is 11.9. The molecular weight excluding hydrogens is 204 g/mol. The second-order valence-corrected chi connectivity index (χ2v) is 4.91. The number of aryl methyl sites for hydroxylation is 3. The van der Waals surface area contributed by atoms with E-state index >= 15 is 0 Å². The van der Waals surface area contributed by atoms with Gasteiger partial charge < -0.3 is 0 Å². The normalized spacial score (nSPS) is 12.2. The van der Waals surface area contributed by atoms with Gasteiger partial charge in [-0.05, 0) is 68.0 Å². The summed E-state index contributed by atoms with van der Waals surface area (Å²) in [7, 11) is 0. The molecule has 0 saturated carbocycles. The number of fused-ring (bicyclic) bond motifs is 1. The average Bonchev–Trinajstić information content (AvgIpc) is 2.54. The second-order valence-electron chi connectivity index (χ2n) is 4.91. The van der Waals surface area contributed by atoms with Crippen LogP contribution in [-0.2, 0) is 0 Å². The molecule has 0 heteroatoms. The van der Waals surface area contributed by atoms with Crippen molar-refractivity contribution in [3.63, 3.8) is 0 Å². The lowest BCUT2D eigenvalue weighted by Gasteiger charge is -2.05. The molecule has 2 aliphatic rings. The summed E-state index contributed by atoms with van der Waals surface area (Å²) < 4.78 is 0. The van der Waals surface area contributed by atoms with Crippen molar-refractivity contribution in [3.05, 3.63) is 52.6 Å². The maximum Gasteiger partial charge on any atom is -0.00767 e. The van der Waals surface area contributed by atoms with Crippen molar-refractivity contribution >= 4 is 5.57 Å². The summed E-state index contributed by atoms with van der Waals surface area (Å²) in [5, 5.41) is 0. The highest BCUT2D eigenvalue weighted by Gasteiger charge is 2.15. The number of hydrogen-bond acceptors (Lipinski definition) is 0. The molecule has 0 heterocycles. The van der Waals surface area contributed by atoms with E-state index in [1.165, 1.54) is 39.0 Å². The van der Waals surface area contributed by atoms with Crippen molar-refractivity contribution in [2.45, 2.75) is 34.6 Å². The van der Waals surface area contributed by atoms with Gasteiger partial charge in [0.1, 0.15) is 0 Å². The van der Waals surface area contributed by atoms with Crippen molar-refractivity contribution in [1.29, 1.82) is 0 Å². The Morgan fingerprint density at radius 2 is 1.71 bits per heavy atom. The Hall–Kier alpha value is -1.56. The van der Waals surface area contributed by atoms with Gasteiger partial charge in [-0.1, -0.05) is 35.9 Å². The first-order valence-corrected chi connectivity index (χ1v) is 6.18. The molecule has 2 rings (SSSR count). The smallest absolute Gasteiger partial charge is 0.00767 e. The highest BCUT2D eigenvalue weighted by molar-refractivity contribution is 5.87. The van der Waals surface area contributed by atoms with E-state index in [1.54, 1.807) is 0 Å². The minimum atomic E-state index is 1.32. The van der Waals surface area contributed by atoms with E-state index in [1.807, 2.05) is 0 Å². The maximum atomic E-state index is 2.31. The van der Waals surface area contributed by atoms with E-state index in [4.69, 9.17) is 0 Å². The molecule has 0 aliphatic heterocycles. The molecular formula is C17H20. The lowest BCUT2D eigenvalue weighted by atomic mass is 9.99. The van der Waals surface area contributed by atoms with Gasteiger partial charge in [-0.15, -0.1) is 0 Å². The largest absolute Gasteiger partial charge is 0.0841 e. The van der Waals surface area contributed by atoms with Crippen LogP contribution in [-0.4, -0.2) is 0 Å². The molecule has 0 N–H and O–H groups in total. The van der Waals surface area contributed by atoms with Crippen LogP contribution in [0.25, 0.3) is 16.7 Å². The van der Waals surface area contributed by atoms with Crippen LogP contribution in [0.4, 0.5) is 0 Å². The summed E-state index contributed by atoms with van der Waals surface area (Å²) >= 11 is 0. The van der Waals surface area contributed by atoms with Crippen LogP contribution in [0.5, 0.6) is 0 Å². The summed E-state index contributed by atoms with van der Waals surface area (Å²) in [4.78, 5) is 0. The fraction of sp³-hybridized carbons (Fsp3) is 0.294. The molecule has 88 valence electrons. The summed E-state index contributed by atoms with van der Waals surface area (Å²) in [6.45, 7) is 10.9. The molecule has 0 aromatic rings. The zero-order valence-electron chi connectivity index (χ0n) is 11.4. The van der Waals surface area contributed by atoms with Crippen molar-refractivity contribution in [2.75, 3.05) is 0 Å². The fourth-order valence-electron chi connectivity index (χ4n) is 2.40. The molecule has 0 atom stereocenters. The molecule has 0 saturated heterocycles. The Labute approximate surface area is 104 Å². The predicted molar refractivity (Wildman–Crippen MR) is 76.6 cm³/mol. The third-order valence-corrected chi connectivity index (χ3v) is 3.54. The molecule has 0 amide bonds. The predicted octanol–water partition coefficient (Wildman–Crippen LogP) is 5.14. The van der Waals surface area contributed by atoms with Crippen molar-refractivity contribution < 1.29 is 0 Å². The van der Waals surface area contributed by atoms with Crippen LogP contribution in [0.1, 0.15) is 36.1 Å². The van der Waals surface area contributed by atoms with Gasteiger partial charge in [0.25, 0.3) is 0 Å². The summed E-state index contributed by atoms with van der Waals surface area (Å²) in [6.07, 6.45) is 2.19. The van der Waals surface area contributed by atoms with E-state index in [9.17, 15) is 0 Å². The van der Waals surface area contributed by atoms with Gasteiger partial charge in [-0.2, -0.15) is 0 Å². The molecule has 17 heavy (non-hydrogen) atoms. The number of hydrogen-bond donors (Lipinski definition) is 0. The van der Waals surface area contributed by atoms with Gasteiger partial charge in [0.15, 0.2) is 0 Å². The van der Waals surface area contributed by atoms with E-state index in [-0.39, 0.29) is 0 Å². The zero-order chi connectivity index (χ0) is 12.6. The summed E-state index contributed by atoms with van der Waals surface area (Å²) in [5.74, 6) is 0. The molecule has 0 aromatic carbocycles. The minimum absolute atomic E-state index is 1.32. The lowest BCUT2D eigenvalue weighted by molar-refractivity contribution is 1.48. The standard InChI is InChI=1S/C17H20/c1-6-12(3)16-10-14(5)15-9-11(2)7-8-13(4)17(15)16/h6-10H,1-5H3. The van der Waals surface area contributed by atoms with Gasteiger partial charge in [-0.25, -0.2) is 0 Å². The first-order chi connectivity index (χ1) is 8.04. The molecule has 0 unspecified atom stereocenters. The van der Waals surface area contributed by atoms with E-state index in [0.717, 1.165) is 0 Å². The van der Waals surface area contributed by atoms with Gasteiger partial charge in [0, 0.05) is 0 Å². The van der Waals surface area contributed by atoms with E-state index in [2.05, 4.69) is 65.0 Å². The Kier molecular flexibility index (Phi) is 3.06. The van der Waals surface area contributed by atoms with Crippen LogP contribution in [0.15, 0.2) is 30.3 Å². The van der Waals surface area contributed by atoms with Crippen molar-refractivity contribution in [2.24, 2.45) is 0 Å². The van der Waals surface area contributed by atoms with E-state index < -0.39 is 0 Å². The SMILES string of the molecule is CC=C(C)c1cc(C)c2cc(C)ccc(C)c1-2. The van der Waals surface area contributed by atoms with Crippen LogP contribution in [0.2, 0.25) is 0 Å². The minimum Gasteiger partial charge on any atom is -0.0841 e. The molecule has 2 aliphatic carbocycles. The summed E-state index contributed by atoms with van der Waals surface area (Å²) in [6, 6.07) is 9.03. The third kappa shape index (κ3) is 2.00. The lowest BCUT2D eigenvalue weighted by Crippen LogP contribution is -1.82. The Morgan fingerprint density at radius 1 is 1.00 bits per heavy atom. The zero-order valence-corrected chi connectivity index (χ0v) is 11.4. The number of allylic oxidation sites excluding steroid dienone is 2. The van der Waals surface area contributed by atoms with Crippen LogP contribution in [0.3, 0.4) is 0 Å². The molecule has 0 bridgehead atoms.